The normalized spacial score (nSPS) is 30.1. The molecule has 2 heterocycles. The van der Waals surface area contributed by atoms with Gasteiger partial charge in [0.2, 0.25) is 5.91 Å². The number of carbonyl (C=O) groups excluding carboxylic acids is 1. The van der Waals surface area contributed by atoms with Gasteiger partial charge in [0.1, 0.15) is 0 Å². The largest absolute Gasteiger partial charge is 0.481 e. The standard InChI is InChI=1S/C16H28N2O3/c1-11-8-12(2)10-18(9-11)15(19)13(3)17-6-4-14(5-7-17)16(20)21/h11-14H,4-10H2,1-3H3,(H,20,21). The quantitative estimate of drug-likeness (QED) is 0.860. The summed E-state index contributed by atoms with van der Waals surface area (Å²) in [5.74, 6) is 0.415. The lowest BCUT2D eigenvalue weighted by Gasteiger charge is -2.40. The molecule has 0 radical (unpaired) electrons. The number of aliphatic carboxylic acids is 1. The Kier molecular flexibility index (Phi) is 5.25. The number of likely N-dealkylation sites (tertiary alicyclic amines) is 2. The van der Waals surface area contributed by atoms with Crippen LogP contribution in [0.3, 0.4) is 0 Å². The van der Waals surface area contributed by atoms with Crippen molar-refractivity contribution < 1.29 is 14.7 Å². The van der Waals surface area contributed by atoms with Gasteiger partial charge < -0.3 is 10.0 Å². The van der Waals surface area contributed by atoms with E-state index in [9.17, 15) is 9.59 Å². The highest BCUT2D eigenvalue weighted by Crippen LogP contribution is 2.24. The second kappa shape index (κ2) is 6.77. The van der Waals surface area contributed by atoms with Crippen molar-refractivity contribution in [2.75, 3.05) is 26.2 Å². The third kappa shape index (κ3) is 3.96. The van der Waals surface area contributed by atoms with Crippen LogP contribution in [0.5, 0.6) is 0 Å². The van der Waals surface area contributed by atoms with Crippen molar-refractivity contribution in [3.05, 3.63) is 0 Å². The summed E-state index contributed by atoms with van der Waals surface area (Å²) in [6, 6.07) is -0.128. The lowest BCUT2D eigenvalue weighted by molar-refractivity contribution is -0.144. The van der Waals surface area contributed by atoms with Gasteiger partial charge in [-0.15, -0.1) is 0 Å². The smallest absolute Gasteiger partial charge is 0.306 e. The summed E-state index contributed by atoms with van der Waals surface area (Å²) < 4.78 is 0. The molecule has 0 aromatic carbocycles. The van der Waals surface area contributed by atoms with Crippen LogP contribution in [0.4, 0.5) is 0 Å². The lowest BCUT2D eigenvalue weighted by Crippen LogP contribution is -2.53. The number of rotatable bonds is 3. The molecule has 3 atom stereocenters. The number of carbonyl (C=O) groups is 2. The minimum atomic E-state index is -0.702. The molecule has 21 heavy (non-hydrogen) atoms. The summed E-state index contributed by atoms with van der Waals surface area (Å²) in [6.45, 7) is 9.52. The monoisotopic (exact) mass is 296 g/mol. The Morgan fingerprint density at radius 3 is 2.10 bits per heavy atom. The van der Waals surface area contributed by atoms with Gasteiger partial charge in [-0.25, -0.2) is 0 Å². The van der Waals surface area contributed by atoms with E-state index in [0.717, 1.165) is 13.1 Å². The second-order valence-electron chi connectivity index (χ2n) is 7.01. The van der Waals surface area contributed by atoms with Crippen LogP contribution in [0.25, 0.3) is 0 Å². The maximum Gasteiger partial charge on any atom is 0.306 e. The van der Waals surface area contributed by atoms with Crippen molar-refractivity contribution in [1.82, 2.24) is 9.80 Å². The van der Waals surface area contributed by atoms with E-state index < -0.39 is 5.97 Å². The van der Waals surface area contributed by atoms with Crippen LogP contribution in [0.15, 0.2) is 0 Å². The average molecular weight is 296 g/mol. The van der Waals surface area contributed by atoms with Crippen LogP contribution in [-0.4, -0.2) is 59.0 Å². The van der Waals surface area contributed by atoms with E-state index in [1.54, 1.807) is 0 Å². The molecule has 5 heteroatoms. The van der Waals surface area contributed by atoms with E-state index in [-0.39, 0.29) is 17.9 Å². The fourth-order valence-corrected chi connectivity index (χ4v) is 3.80. The molecular weight excluding hydrogens is 268 g/mol. The fraction of sp³-hybridized carbons (Fsp3) is 0.875. The molecule has 2 aliphatic rings. The highest BCUT2D eigenvalue weighted by atomic mass is 16.4. The number of carboxylic acids is 1. The molecule has 1 amide bonds. The van der Waals surface area contributed by atoms with E-state index in [2.05, 4.69) is 18.7 Å². The summed E-state index contributed by atoms with van der Waals surface area (Å²) in [4.78, 5) is 27.8. The molecule has 0 aromatic rings. The van der Waals surface area contributed by atoms with Crippen LogP contribution in [-0.2, 0) is 9.59 Å². The van der Waals surface area contributed by atoms with E-state index >= 15 is 0 Å². The van der Waals surface area contributed by atoms with E-state index in [1.165, 1.54) is 6.42 Å². The highest BCUT2D eigenvalue weighted by Gasteiger charge is 2.33. The molecule has 2 fully saturated rings. The fourth-order valence-electron chi connectivity index (χ4n) is 3.80. The summed E-state index contributed by atoms with van der Waals surface area (Å²) in [5.41, 5.74) is 0. The van der Waals surface area contributed by atoms with Gasteiger partial charge in [-0.2, -0.15) is 0 Å². The van der Waals surface area contributed by atoms with Gasteiger partial charge in [-0.3, -0.25) is 14.5 Å². The van der Waals surface area contributed by atoms with Gasteiger partial charge >= 0.3 is 5.97 Å². The molecule has 2 aliphatic heterocycles. The summed E-state index contributed by atoms with van der Waals surface area (Å²) in [7, 11) is 0. The predicted octanol–water partition coefficient (Wildman–Crippen LogP) is 1.68. The Morgan fingerprint density at radius 2 is 1.62 bits per heavy atom. The first kappa shape index (κ1) is 16.3. The zero-order chi connectivity index (χ0) is 15.6. The molecule has 0 spiro atoms. The van der Waals surface area contributed by atoms with Crippen LogP contribution >= 0.6 is 0 Å². The molecule has 0 aromatic heterocycles. The topological polar surface area (TPSA) is 60.9 Å². The molecule has 5 nitrogen and oxygen atoms in total. The van der Waals surface area contributed by atoms with Gasteiger partial charge in [0.05, 0.1) is 12.0 Å². The Labute approximate surface area is 127 Å². The Balaban J connectivity index is 1.89. The first-order valence-electron chi connectivity index (χ1n) is 8.14. The van der Waals surface area contributed by atoms with Crippen molar-refractivity contribution in [2.24, 2.45) is 17.8 Å². The van der Waals surface area contributed by atoms with Crippen LogP contribution in [0.1, 0.15) is 40.0 Å². The van der Waals surface area contributed by atoms with Crippen molar-refractivity contribution in [1.29, 1.82) is 0 Å². The molecule has 2 saturated heterocycles. The second-order valence-corrected chi connectivity index (χ2v) is 7.01. The van der Waals surface area contributed by atoms with Gasteiger partial charge in [0.15, 0.2) is 0 Å². The van der Waals surface area contributed by atoms with Crippen molar-refractivity contribution in [3.8, 4) is 0 Å². The highest BCUT2D eigenvalue weighted by molar-refractivity contribution is 5.81. The first-order valence-corrected chi connectivity index (χ1v) is 8.14. The Morgan fingerprint density at radius 1 is 1.10 bits per heavy atom. The number of piperidine rings is 2. The number of hydrogen-bond donors (Lipinski definition) is 1. The molecule has 3 unspecified atom stereocenters. The van der Waals surface area contributed by atoms with E-state index in [4.69, 9.17) is 5.11 Å². The molecule has 1 N–H and O–H groups in total. The molecule has 120 valence electrons. The van der Waals surface area contributed by atoms with Gasteiger partial charge in [-0.05, 0) is 51.1 Å². The molecule has 0 saturated carbocycles. The average Bonchev–Trinajstić information content (AvgIpc) is 2.44. The zero-order valence-corrected chi connectivity index (χ0v) is 13.4. The predicted molar refractivity (Wildman–Crippen MR) is 80.9 cm³/mol. The third-order valence-corrected chi connectivity index (χ3v) is 4.96. The summed E-state index contributed by atoms with van der Waals surface area (Å²) >= 11 is 0. The number of hydrogen-bond acceptors (Lipinski definition) is 3. The minimum Gasteiger partial charge on any atom is -0.481 e. The number of nitrogens with zero attached hydrogens (tertiary/aromatic N) is 2. The minimum absolute atomic E-state index is 0.128. The van der Waals surface area contributed by atoms with Gasteiger partial charge in [0.25, 0.3) is 0 Å². The Hall–Kier alpha value is -1.10. The number of amides is 1. The Bertz CT molecular complexity index is 381. The van der Waals surface area contributed by atoms with Gasteiger partial charge in [0, 0.05) is 13.1 Å². The maximum absolute atomic E-state index is 12.7. The summed E-state index contributed by atoms with van der Waals surface area (Å²) in [6.07, 6.45) is 2.50. The molecule has 0 aliphatic carbocycles. The molecule has 0 bridgehead atoms. The van der Waals surface area contributed by atoms with Crippen molar-refractivity contribution in [2.45, 2.75) is 46.1 Å². The third-order valence-electron chi connectivity index (χ3n) is 4.96. The number of carboxylic acid groups (broad SMARTS) is 1. The molecular formula is C16H28N2O3. The van der Waals surface area contributed by atoms with Crippen LogP contribution < -0.4 is 0 Å². The van der Waals surface area contributed by atoms with Crippen LogP contribution in [0.2, 0.25) is 0 Å². The van der Waals surface area contributed by atoms with Crippen molar-refractivity contribution >= 4 is 11.9 Å². The SMILES string of the molecule is CC1CC(C)CN(C(=O)C(C)N2CCC(C(=O)O)CC2)C1. The lowest BCUT2D eigenvalue weighted by atomic mass is 9.91. The molecule has 2 rings (SSSR count). The maximum atomic E-state index is 12.7. The zero-order valence-electron chi connectivity index (χ0n) is 13.4. The van der Waals surface area contributed by atoms with Gasteiger partial charge in [-0.1, -0.05) is 13.8 Å². The van der Waals surface area contributed by atoms with E-state index in [1.807, 2.05) is 11.8 Å². The first-order chi connectivity index (χ1) is 9.88. The van der Waals surface area contributed by atoms with Crippen molar-refractivity contribution in [3.63, 3.8) is 0 Å². The van der Waals surface area contributed by atoms with Crippen LogP contribution in [0, 0.1) is 17.8 Å². The van der Waals surface area contributed by atoms with E-state index in [0.29, 0.717) is 37.8 Å². The summed E-state index contributed by atoms with van der Waals surface area (Å²) in [5, 5.41) is 9.04.